The molecule has 36 heavy (non-hydrogen) atoms. The van der Waals surface area contributed by atoms with Crippen LogP contribution in [0.3, 0.4) is 0 Å². The van der Waals surface area contributed by atoms with E-state index in [2.05, 4.69) is 10.6 Å². The fraction of sp³-hybridized carbons (Fsp3) is 0.423. The van der Waals surface area contributed by atoms with Gasteiger partial charge in [-0.2, -0.15) is 0 Å². The molecule has 0 spiro atoms. The Morgan fingerprint density at radius 1 is 1.03 bits per heavy atom. The molecule has 2 N–H and O–H groups in total. The maximum atomic E-state index is 13.6. The minimum atomic E-state index is -0.660. The zero-order valence-electron chi connectivity index (χ0n) is 20.4. The summed E-state index contributed by atoms with van der Waals surface area (Å²) in [6.07, 6.45) is 0.938. The largest absolute Gasteiger partial charge is 0.497 e. The van der Waals surface area contributed by atoms with Gasteiger partial charge in [-0.1, -0.05) is 6.07 Å². The number of rotatable bonds is 4. The highest BCUT2D eigenvalue weighted by Crippen LogP contribution is 2.37. The number of carbonyl (C=O) groups excluding carboxylic acids is 3. The zero-order chi connectivity index (χ0) is 25.2. The lowest BCUT2D eigenvalue weighted by Gasteiger charge is -2.38. The van der Waals surface area contributed by atoms with Crippen molar-refractivity contribution >= 4 is 23.5 Å². The monoisotopic (exact) mass is 494 g/mol. The number of benzene rings is 2. The number of carbonyl (C=O) groups is 3. The lowest BCUT2D eigenvalue weighted by atomic mass is 9.96. The van der Waals surface area contributed by atoms with Crippen LogP contribution in [0.4, 0.5) is 10.5 Å². The molecule has 2 aromatic rings. The van der Waals surface area contributed by atoms with Gasteiger partial charge in [0.2, 0.25) is 5.91 Å². The Hall–Kier alpha value is -3.79. The second-order valence-corrected chi connectivity index (χ2v) is 9.10. The van der Waals surface area contributed by atoms with Gasteiger partial charge in [-0.25, -0.2) is 4.79 Å². The molecular weight excluding hydrogens is 464 g/mol. The van der Waals surface area contributed by atoms with Crippen molar-refractivity contribution in [1.82, 2.24) is 15.1 Å². The predicted molar refractivity (Wildman–Crippen MR) is 132 cm³/mol. The van der Waals surface area contributed by atoms with Crippen LogP contribution in [0.1, 0.15) is 23.2 Å². The summed E-state index contributed by atoms with van der Waals surface area (Å²) in [6, 6.07) is 9.89. The minimum Gasteiger partial charge on any atom is -0.497 e. The van der Waals surface area contributed by atoms with Gasteiger partial charge in [-0.3, -0.25) is 9.59 Å². The van der Waals surface area contributed by atoms with Gasteiger partial charge >= 0.3 is 6.03 Å². The third-order valence-corrected chi connectivity index (χ3v) is 7.02. The van der Waals surface area contributed by atoms with Crippen LogP contribution in [0.25, 0.3) is 11.1 Å². The van der Waals surface area contributed by atoms with Crippen LogP contribution in [0, 0.1) is 0 Å². The summed E-state index contributed by atoms with van der Waals surface area (Å²) in [7, 11) is 3.17. The smallest absolute Gasteiger partial charge is 0.317 e. The summed E-state index contributed by atoms with van der Waals surface area (Å²) >= 11 is 0. The molecule has 0 unspecified atom stereocenters. The highest BCUT2D eigenvalue weighted by atomic mass is 16.5. The van der Waals surface area contributed by atoms with Crippen LogP contribution in [0.15, 0.2) is 36.4 Å². The average Bonchev–Trinajstić information content (AvgIpc) is 3.02. The summed E-state index contributed by atoms with van der Waals surface area (Å²) in [5.41, 5.74) is 2.51. The topological polar surface area (TPSA) is 109 Å². The average molecular weight is 495 g/mol. The highest BCUT2D eigenvalue weighted by molar-refractivity contribution is 6.10. The molecule has 10 heteroatoms. The number of anilines is 1. The van der Waals surface area contributed by atoms with E-state index in [1.54, 1.807) is 42.2 Å². The number of methoxy groups -OCH3 is 2. The molecule has 0 aliphatic carbocycles. The molecule has 0 bridgehead atoms. The number of urea groups is 1. The number of hydrogen-bond acceptors (Lipinski definition) is 6. The molecule has 0 aromatic heterocycles. The fourth-order valence-electron chi connectivity index (χ4n) is 5.03. The van der Waals surface area contributed by atoms with E-state index < -0.39 is 6.04 Å². The van der Waals surface area contributed by atoms with Crippen molar-refractivity contribution in [3.63, 3.8) is 0 Å². The van der Waals surface area contributed by atoms with E-state index in [0.717, 1.165) is 11.1 Å². The maximum absolute atomic E-state index is 13.6. The van der Waals surface area contributed by atoms with E-state index in [-0.39, 0.29) is 23.9 Å². The zero-order valence-corrected chi connectivity index (χ0v) is 20.4. The molecule has 0 radical (unpaired) electrons. The van der Waals surface area contributed by atoms with E-state index in [0.29, 0.717) is 68.4 Å². The highest BCUT2D eigenvalue weighted by Gasteiger charge is 2.40. The number of nitrogens with one attached hydrogen (secondary N) is 2. The second kappa shape index (κ2) is 10.1. The summed E-state index contributed by atoms with van der Waals surface area (Å²) in [5, 5.41) is 5.96. The Morgan fingerprint density at radius 2 is 1.83 bits per heavy atom. The molecule has 3 aliphatic rings. The molecule has 5 rings (SSSR count). The maximum Gasteiger partial charge on any atom is 0.317 e. The molecule has 2 atom stereocenters. The van der Waals surface area contributed by atoms with Crippen LogP contribution in [-0.4, -0.2) is 86.8 Å². The second-order valence-electron chi connectivity index (χ2n) is 9.10. The van der Waals surface area contributed by atoms with Gasteiger partial charge < -0.3 is 34.6 Å². The lowest BCUT2D eigenvalue weighted by molar-refractivity contribution is -0.121. The Kier molecular flexibility index (Phi) is 6.69. The molecule has 0 saturated carbocycles. The molecular formula is C26H30N4O6. The molecule has 2 saturated heterocycles. The minimum absolute atomic E-state index is 0.154. The van der Waals surface area contributed by atoms with Gasteiger partial charge in [0, 0.05) is 37.3 Å². The molecule has 190 valence electrons. The molecule has 2 fully saturated rings. The van der Waals surface area contributed by atoms with Gasteiger partial charge in [-0.05, 0) is 42.7 Å². The third-order valence-electron chi connectivity index (χ3n) is 7.02. The van der Waals surface area contributed by atoms with E-state index in [9.17, 15) is 14.4 Å². The molecule has 3 heterocycles. The predicted octanol–water partition coefficient (Wildman–Crippen LogP) is 2.34. The van der Waals surface area contributed by atoms with Gasteiger partial charge in [0.05, 0.1) is 38.7 Å². The quantitative estimate of drug-likeness (QED) is 0.675. The first kappa shape index (κ1) is 23.9. The Labute approximate surface area is 209 Å². The first-order chi connectivity index (χ1) is 17.5. The molecule has 4 amide bonds. The van der Waals surface area contributed by atoms with E-state index in [1.165, 1.54) is 0 Å². The van der Waals surface area contributed by atoms with Crippen molar-refractivity contribution < 1.29 is 28.6 Å². The Morgan fingerprint density at radius 3 is 2.58 bits per heavy atom. The van der Waals surface area contributed by atoms with Crippen molar-refractivity contribution in [1.29, 1.82) is 0 Å². The van der Waals surface area contributed by atoms with Gasteiger partial charge in [0.25, 0.3) is 5.91 Å². The van der Waals surface area contributed by atoms with Crippen molar-refractivity contribution in [3.05, 3.63) is 42.0 Å². The van der Waals surface area contributed by atoms with Crippen LogP contribution in [0.5, 0.6) is 11.5 Å². The summed E-state index contributed by atoms with van der Waals surface area (Å²) in [6.45, 7) is 2.51. The van der Waals surface area contributed by atoms with Crippen LogP contribution >= 0.6 is 0 Å². The first-order valence-electron chi connectivity index (χ1n) is 12.1. The SMILES string of the molecule is COc1ccc(-c2ccc3c(c2)C(=O)N2CC[C@H](NC(=O)N4CCOCC4)C[C@H]2C(=O)N3)c(OC)c1. The first-order valence-corrected chi connectivity index (χ1v) is 12.1. The van der Waals surface area contributed by atoms with Crippen molar-refractivity contribution in [3.8, 4) is 22.6 Å². The number of fused-ring (bicyclic) bond motifs is 2. The number of morpholine rings is 1. The Bertz CT molecular complexity index is 1180. The van der Waals surface area contributed by atoms with Gasteiger partial charge in [0.1, 0.15) is 17.5 Å². The summed E-state index contributed by atoms with van der Waals surface area (Å²) < 4.78 is 16.1. The summed E-state index contributed by atoms with van der Waals surface area (Å²) in [5.74, 6) is 0.831. The number of piperidine rings is 1. The Balaban J connectivity index is 1.36. The van der Waals surface area contributed by atoms with Crippen LogP contribution in [0.2, 0.25) is 0 Å². The van der Waals surface area contributed by atoms with Gasteiger partial charge in [-0.15, -0.1) is 0 Å². The third kappa shape index (κ3) is 4.56. The lowest BCUT2D eigenvalue weighted by Crippen LogP contribution is -2.57. The van der Waals surface area contributed by atoms with Crippen LogP contribution < -0.4 is 20.1 Å². The van der Waals surface area contributed by atoms with E-state index in [1.807, 2.05) is 18.2 Å². The van der Waals surface area contributed by atoms with E-state index >= 15 is 0 Å². The number of nitrogens with zero attached hydrogens (tertiary/aromatic N) is 2. The normalized spacial score (nSPS) is 21.6. The number of hydrogen-bond donors (Lipinski definition) is 2. The summed E-state index contributed by atoms with van der Waals surface area (Å²) in [4.78, 5) is 42.7. The van der Waals surface area contributed by atoms with Crippen LogP contribution in [-0.2, 0) is 9.53 Å². The number of amides is 4. The van der Waals surface area contributed by atoms with E-state index in [4.69, 9.17) is 14.2 Å². The molecule has 3 aliphatic heterocycles. The standard InChI is InChI=1S/C26H30N4O6/c1-34-18-4-5-19(23(15-18)35-2)16-3-6-21-20(13-16)25(32)30-8-7-17(14-22(30)24(31)28-21)27-26(33)29-9-11-36-12-10-29/h3-6,13,15,17,22H,7-12,14H2,1-2H3,(H,27,33)(H,28,31)/t17-,22-/m0/s1. The molecule has 10 nitrogen and oxygen atoms in total. The van der Waals surface area contributed by atoms with Crippen molar-refractivity contribution in [2.45, 2.75) is 24.9 Å². The molecule has 2 aromatic carbocycles. The fourth-order valence-corrected chi connectivity index (χ4v) is 5.03. The number of ether oxygens (including phenoxy) is 3. The van der Waals surface area contributed by atoms with Crippen molar-refractivity contribution in [2.24, 2.45) is 0 Å². The van der Waals surface area contributed by atoms with Crippen molar-refractivity contribution in [2.75, 3.05) is 52.4 Å². The van der Waals surface area contributed by atoms with Gasteiger partial charge in [0.15, 0.2) is 0 Å².